The number of hydrogen-bond donors (Lipinski definition) is 0. The molecule has 0 amide bonds. The summed E-state index contributed by atoms with van der Waals surface area (Å²) in [7, 11) is 0. The normalized spacial score (nSPS) is 21.6. The molecule has 2 aromatic rings. The van der Waals surface area contributed by atoms with Crippen molar-refractivity contribution < 1.29 is 0 Å². The molecule has 4 rings (SSSR count). The van der Waals surface area contributed by atoms with Crippen LogP contribution in [-0.4, -0.2) is 35.6 Å². The molecule has 1 fully saturated rings. The number of rotatable bonds is 2. The average Bonchev–Trinajstić information content (AvgIpc) is 2.86. The number of piperazine rings is 1. The highest BCUT2D eigenvalue weighted by Crippen LogP contribution is 2.32. The first-order chi connectivity index (χ1) is 9.90. The van der Waals surface area contributed by atoms with E-state index < -0.39 is 0 Å². The van der Waals surface area contributed by atoms with Crippen LogP contribution in [0.4, 0.5) is 5.82 Å². The molecule has 3 heteroatoms. The van der Waals surface area contributed by atoms with Gasteiger partial charge >= 0.3 is 0 Å². The Labute approximate surface area is 119 Å². The molecular weight excluding hydrogens is 246 g/mol. The van der Waals surface area contributed by atoms with Crippen LogP contribution in [0.3, 0.4) is 0 Å². The second kappa shape index (κ2) is 4.91. The molecule has 2 aliphatic rings. The SMILES string of the molecule is c1ccc(CN2CCN3c4ncccc4CC3C2)cc1. The van der Waals surface area contributed by atoms with Gasteiger partial charge in [-0.05, 0) is 23.6 Å². The first-order valence-corrected chi connectivity index (χ1v) is 7.37. The van der Waals surface area contributed by atoms with E-state index in [1.807, 2.05) is 6.20 Å². The van der Waals surface area contributed by atoms with Crippen LogP contribution in [0.25, 0.3) is 0 Å². The van der Waals surface area contributed by atoms with Crippen LogP contribution >= 0.6 is 0 Å². The number of anilines is 1. The fourth-order valence-electron chi connectivity index (χ4n) is 3.46. The molecule has 102 valence electrons. The molecule has 3 nitrogen and oxygen atoms in total. The molecule has 0 radical (unpaired) electrons. The zero-order valence-corrected chi connectivity index (χ0v) is 11.6. The molecule has 0 saturated carbocycles. The number of hydrogen-bond acceptors (Lipinski definition) is 3. The van der Waals surface area contributed by atoms with Gasteiger partial charge in [-0.25, -0.2) is 4.98 Å². The fourth-order valence-corrected chi connectivity index (χ4v) is 3.46. The van der Waals surface area contributed by atoms with E-state index in [0.717, 1.165) is 32.6 Å². The Morgan fingerprint density at radius 1 is 1.05 bits per heavy atom. The minimum Gasteiger partial charge on any atom is -0.350 e. The first-order valence-electron chi connectivity index (χ1n) is 7.37. The third kappa shape index (κ3) is 2.08. The average molecular weight is 265 g/mol. The summed E-state index contributed by atoms with van der Waals surface area (Å²) in [6, 6.07) is 15.7. The van der Waals surface area contributed by atoms with Crippen LogP contribution in [0, 0.1) is 0 Å². The third-order valence-corrected chi connectivity index (χ3v) is 4.41. The summed E-state index contributed by atoms with van der Waals surface area (Å²) in [5.74, 6) is 1.22. The lowest BCUT2D eigenvalue weighted by Crippen LogP contribution is -2.51. The van der Waals surface area contributed by atoms with Gasteiger partial charge in [0, 0.05) is 38.4 Å². The molecule has 1 aromatic carbocycles. The van der Waals surface area contributed by atoms with Gasteiger partial charge in [-0.2, -0.15) is 0 Å². The molecule has 1 unspecified atom stereocenters. The van der Waals surface area contributed by atoms with Crippen LogP contribution in [0.15, 0.2) is 48.7 Å². The summed E-state index contributed by atoms with van der Waals surface area (Å²) in [6.45, 7) is 4.43. The lowest BCUT2D eigenvalue weighted by molar-refractivity contribution is 0.219. The van der Waals surface area contributed by atoms with Gasteiger partial charge in [-0.15, -0.1) is 0 Å². The maximum absolute atomic E-state index is 4.56. The molecule has 1 saturated heterocycles. The monoisotopic (exact) mass is 265 g/mol. The van der Waals surface area contributed by atoms with Gasteiger partial charge in [-0.3, -0.25) is 4.90 Å². The van der Waals surface area contributed by atoms with Crippen LogP contribution in [0.2, 0.25) is 0 Å². The lowest BCUT2D eigenvalue weighted by atomic mass is 10.1. The largest absolute Gasteiger partial charge is 0.350 e. The Bertz CT molecular complexity index is 596. The van der Waals surface area contributed by atoms with Crippen molar-refractivity contribution in [2.24, 2.45) is 0 Å². The Kier molecular flexibility index (Phi) is 2.92. The summed E-state index contributed by atoms with van der Waals surface area (Å²) < 4.78 is 0. The highest BCUT2D eigenvalue weighted by Gasteiger charge is 2.34. The lowest BCUT2D eigenvalue weighted by Gasteiger charge is -2.38. The molecule has 0 N–H and O–H groups in total. The van der Waals surface area contributed by atoms with Crippen LogP contribution in [-0.2, 0) is 13.0 Å². The predicted octanol–water partition coefficient (Wildman–Crippen LogP) is 2.33. The van der Waals surface area contributed by atoms with Crippen molar-refractivity contribution in [1.82, 2.24) is 9.88 Å². The van der Waals surface area contributed by atoms with Gasteiger partial charge in [0.15, 0.2) is 0 Å². The van der Waals surface area contributed by atoms with E-state index in [1.54, 1.807) is 0 Å². The van der Waals surface area contributed by atoms with Crippen molar-refractivity contribution in [3.8, 4) is 0 Å². The summed E-state index contributed by atoms with van der Waals surface area (Å²) in [5, 5.41) is 0. The molecule has 0 aliphatic carbocycles. The van der Waals surface area contributed by atoms with Gasteiger partial charge in [0.25, 0.3) is 0 Å². The standard InChI is InChI=1S/C17H19N3/c1-2-5-14(6-3-1)12-19-9-10-20-16(13-19)11-15-7-4-8-18-17(15)20/h1-8,16H,9-13H2. The van der Waals surface area contributed by atoms with Crippen LogP contribution in [0.1, 0.15) is 11.1 Å². The van der Waals surface area contributed by atoms with E-state index in [-0.39, 0.29) is 0 Å². The highest BCUT2D eigenvalue weighted by atomic mass is 15.3. The molecule has 2 aliphatic heterocycles. The Hall–Kier alpha value is -1.87. The van der Waals surface area contributed by atoms with Gasteiger partial charge in [-0.1, -0.05) is 36.4 Å². The van der Waals surface area contributed by atoms with Crippen molar-refractivity contribution in [2.75, 3.05) is 24.5 Å². The molecule has 20 heavy (non-hydrogen) atoms. The molecule has 1 aromatic heterocycles. The van der Waals surface area contributed by atoms with E-state index in [4.69, 9.17) is 0 Å². The fraction of sp³-hybridized carbons (Fsp3) is 0.353. The minimum absolute atomic E-state index is 0.609. The Balaban J connectivity index is 1.47. The molecule has 0 bridgehead atoms. The number of nitrogens with zero attached hydrogens (tertiary/aromatic N) is 3. The van der Waals surface area contributed by atoms with E-state index in [9.17, 15) is 0 Å². The van der Waals surface area contributed by atoms with Crippen molar-refractivity contribution in [3.63, 3.8) is 0 Å². The first kappa shape index (κ1) is 11.9. The van der Waals surface area contributed by atoms with Gasteiger partial charge in [0.1, 0.15) is 5.82 Å². The van der Waals surface area contributed by atoms with E-state index >= 15 is 0 Å². The summed E-state index contributed by atoms with van der Waals surface area (Å²) in [4.78, 5) is 9.63. The summed E-state index contributed by atoms with van der Waals surface area (Å²) in [5.41, 5.74) is 2.83. The summed E-state index contributed by atoms with van der Waals surface area (Å²) in [6.07, 6.45) is 3.06. The number of pyridine rings is 1. The van der Waals surface area contributed by atoms with Crippen molar-refractivity contribution in [2.45, 2.75) is 19.0 Å². The maximum Gasteiger partial charge on any atom is 0.132 e. The van der Waals surface area contributed by atoms with Crippen LogP contribution < -0.4 is 4.90 Å². The quantitative estimate of drug-likeness (QED) is 0.831. The Morgan fingerprint density at radius 3 is 2.85 bits per heavy atom. The molecule has 0 spiro atoms. The van der Waals surface area contributed by atoms with E-state index in [2.05, 4.69) is 57.2 Å². The number of fused-ring (bicyclic) bond motifs is 3. The second-order valence-electron chi connectivity index (χ2n) is 5.76. The molecule has 3 heterocycles. The zero-order valence-electron chi connectivity index (χ0n) is 11.6. The van der Waals surface area contributed by atoms with Gasteiger partial charge in [0.2, 0.25) is 0 Å². The zero-order chi connectivity index (χ0) is 13.4. The molecule has 1 atom stereocenters. The molecular formula is C17H19N3. The smallest absolute Gasteiger partial charge is 0.132 e. The number of benzene rings is 1. The van der Waals surface area contributed by atoms with Crippen molar-refractivity contribution in [1.29, 1.82) is 0 Å². The Morgan fingerprint density at radius 2 is 1.95 bits per heavy atom. The van der Waals surface area contributed by atoms with Gasteiger partial charge in [0.05, 0.1) is 0 Å². The number of aromatic nitrogens is 1. The highest BCUT2D eigenvalue weighted by molar-refractivity contribution is 5.54. The third-order valence-electron chi connectivity index (χ3n) is 4.41. The second-order valence-corrected chi connectivity index (χ2v) is 5.76. The minimum atomic E-state index is 0.609. The van der Waals surface area contributed by atoms with Gasteiger partial charge < -0.3 is 4.90 Å². The predicted molar refractivity (Wildman–Crippen MR) is 80.8 cm³/mol. The van der Waals surface area contributed by atoms with Crippen molar-refractivity contribution in [3.05, 3.63) is 59.8 Å². The summed E-state index contributed by atoms with van der Waals surface area (Å²) >= 11 is 0. The van der Waals surface area contributed by atoms with E-state index in [1.165, 1.54) is 16.9 Å². The van der Waals surface area contributed by atoms with Crippen molar-refractivity contribution >= 4 is 5.82 Å². The topological polar surface area (TPSA) is 19.4 Å². The maximum atomic E-state index is 4.56. The van der Waals surface area contributed by atoms with E-state index in [0.29, 0.717) is 6.04 Å². The van der Waals surface area contributed by atoms with Crippen LogP contribution in [0.5, 0.6) is 0 Å².